The molecule has 1 amide bonds. The molecule has 2 atom stereocenters. The van der Waals surface area contributed by atoms with Crippen LogP contribution in [0.2, 0.25) is 10.0 Å². The van der Waals surface area contributed by atoms with E-state index in [0.29, 0.717) is 34.0 Å². The summed E-state index contributed by atoms with van der Waals surface area (Å²) >= 11 is 12.2. The van der Waals surface area contributed by atoms with Crippen LogP contribution in [0.25, 0.3) is 0 Å². The molecule has 4 nitrogen and oxygen atoms in total. The Labute approximate surface area is 205 Å². The number of furan rings is 1. The number of rotatable bonds is 5. The van der Waals surface area contributed by atoms with Crippen molar-refractivity contribution in [1.29, 1.82) is 0 Å². The molecule has 0 bridgehead atoms. The largest absolute Gasteiger partial charge is 0.472 e. The molecule has 1 aromatic heterocycles. The number of likely N-dealkylation sites (tertiary alicyclic amines) is 2. The third-order valence-electron chi connectivity index (χ3n) is 7.22. The average molecular weight is 483 g/mol. The Balaban J connectivity index is 1.27. The Bertz CT molecular complexity index is 1080. The molecule has 2 unspecified atom stereocenters. The van der Waals surface area contributed by atoms with Gasteiger partial charge in [0, 0.05) is 31.1 Å². The van der Waals surface area contributed by atoms with Gasteiger partial charge in [-0.15, -0.1) is 0 Å². The summed E-state index contributed by atoms with van der Waals surface area (Å²) in [7, 11) is 0. The van der Waals surface area contributed by atoms with Crippen LogP contribution in [-0.4, -0.2) is 48.4 Å². The van der Waals surface area contributed by atoms with E-state index in [1.807, 2.05) is 17.2 Å². The van der Waals surface area contributed by atoms with E-state index >= 15 is 0 Å². The number of piperidine rings is 1. The Morgan fingerprint density at radius 2 is 1.73 bits per heavy atom. The monoisotopic (exact) mass is 482 g/mol. The van der Waals surface area contributed by atoms with Crippen LogP contribution in [-0.2, 0) is 0 Å². The van der Waals surface area contributed by atoms with Gasteiger partial charge in [0.05, 0.1) is 22.6 Å². The number of halogens is 2. The van der Waals surface area contributed by atoms with E-state index in [0.717, 1.165) is 26.2 Å². The third kappa shape index (κ3) is 4.98. The lowest BCUT2D eigenvalue weighted by Crippen LogP contribution is -2.38. The van der Waals surface area contributed by atoms with Crippen LogP contribution in [0.5, 0.6) is 0 Å². The summed E-state index contributed by atoms with van der Waals surface area (Å²) in [5, 5.41) is 0.869. The van der Waals surface area contributed by atoms with E-state index in [1.165, 1.54) is 24.0 Å². The summed E-state index contributed by atoms with van der Waals surface area (Å²) in [6, 6.07) is 18.0. The van der Waals surface area contributed by atoms with Gasteiger partial charge in [-0.1, -0.05) is 53.5 Å². The molecule has 5 rings (SSSR count). The molecule has 33 heavy (non-hydrogen) atoms. The number of carbonyl (C=O) groups is 1. The van der Waals surface area contributed by atoms with E-state index in [2.05, 4.69) is 35.2 Å². The molecule has 6 heteroatoms. The minimum Gasteiger partial charge on any atom is -0.472 e. The first-order valence-corrected chi connectivity index (χ1v) is 12.4. The van der Waals surface area contributed by atoms with Gasteiger partial charge in [0.15, 0.2) is 0 Å². The average Bonchev–Trinajstić information content (AvgIpc) is 3.52. The second-order valence-electron chi connectivity index (χ2n) is 9.25. The molecular formula is C27H28Cl2N2O2. The van der Waals surface area contributed by atoms with Crippen LogP contribution in [0.4, 0.5) is 0 Å². The van der Waals surface area contributed by atoms with Crippen molar-refractivity contribution in [2.75, 3.05) is 32.7 Å². The first kappa shape index (κ1) is 22.5. The highest BCUT2D eigenvalue weighted by Gasteiger charge is 2.38. The van der Waals surface area contributed by atoms with E-state index in [-0.39, 0.29) is 11.8 Å². The minimum absolute atomic E-state index is 0.00680. The van der Waals surface area contributed by atoms with Gasteiger partial charge in [0.2, 0.25) is 0 Å². The van der Waals surface area contributed by atoms with Crippen LogP contribution >= 0.6 is 23.2 Å². The van der Waals surface area contributed by atoms with Crippen LogP contribution < -0.4 is 0 Å². The molecule has 2 aliphatic heterocycles. The number of benzene rings is 2. The molecule has 0 saturated carbocycles. The van der Waals surface area contributed by atoms with Gasteiger partial charge in [0.1, 0.15) is 0 Å². The van der Waals surface area contributed by atoms with Gasteiger partial charge >= 0.3 is 0 Å². The maximum absolute atomic E-state index is 13.3. The summed E-state index contributed by atoms with van der Waals surface area (Å²) in [6.45, 7) is 4.59. The van der Waals surface area contributed by atoms with Crippen molar-refractivity contribution in [2.45, 2.75) is 24.7 Å². The minimum atomic E-state index is 0.00680. The lowest BCUT2D eigenvalue weighted by molar-refractivity contribution is 0.0781. The highest BCUT2D eigenvalue weighted by atomic mass is 35.5. The van der Waals surface area contributed by atoms with Crippen LogP contribution in [0.3, 0.4) is 0 Å². The third-order valence-corrected chi connectivity index (χ3v) is 7.96. The Morgan fingerprint density at radius 1 is 0.939 bits per heavy atom. The van der Waals surface area contributed by atoms with Crippen LogP contribution in [0.15, 0.2) is 71.5 Å². The molecule has 0 N–H and O–H groups in total. The van der Waals surface area contributed by atoms with Crippen molar-refractivity contribution in [2.24, 2.45) is 5.92 Å². The van der Waals surface area contributed by atoms with Crippen molar-refractivity contribution < 1.29 is 9.21 Å². The second kappa shape index (κ2) is 9.92. The smallest absolute Gasteiger partial charge is 0.253 e. The fraction of sp³-hybridized carbons (Fsp3) is 0.370. The van der Waals surface area contributed by atoms with E-state index in [4.69, 9.17) is 27.6 Å². The van der Waals surface area contributed by atoms with E-state index < -0.39 is 0 Å². The van der Waals surface area contributed by atoms with Gasteiger partial charge in [-0.25, -0.2) is 0 Å². The number of hydrogen-bond acceptors (Lipinski definition) is 3. The Morgan fingerprint density at radius 3 is 2.42 bits per heavy atom. The highest BCUT2D eigenvalue weighted by Crippen LogP contribution is 2.36. The quantitative estimate of drug-likeness (QED) is 0.426. The summed E-state index contributed by atoms with van der Waals surface area (Å²) in [5.41, 5.74) is 3.20. The number of amides is 1. The topological polar surface area (TPSA) is 36.7 Å². The van der Waals surface area contributed by atoms with Gasteiger partial charge in [0.25, 0.3) is 5.91 Å². The zero-order valence-corrected chi connectivity index (χ0v) is 20.0. The summed E-state index contributed by atoms with van der Waals surface area (Å²) in [4.78, 5) is 17.8. The molecule has 2 aliphatic rings. The molecule has 0 spiro atoms. The first-order valence-electron chi connectivity index (χ1n) is 11.6. The molecule has 3 aromatic rings. The maximum atomic E-state index is 13.3. The molecule has 3 heterocycles. The summed E-state index contributed by atoms with van der Waals surface area (Å²) in [5.74, 6) is 1.28. The zero-order valence-electron chi connectivity index (χ0n) is 18.5. The Hall–Kier alpha value is -2.27. The fourth-order valence-electron chi connectivity index (χ4n) is 5.40. The molecular weight excluding hydrogens is 455 g/mol. The van der Waals surface area contributed by atoms with Crippen molar-refractivity contribution in [3.8, 4) is 0 Å². The zero-order chi connectivity index (χ0) is 22.8. The SMILES string of the molecule is O=C(c1ccc(Cl)c(Cl)c1)N1CC(CN2CCC(c3ccccc3)CC2)C(c2ccoc2)C1. The number of nitrogens with zero attached hydrogens (tertiary/aromatic N) is 2. The Kier molecular flexibility index (Phi) is 6.77. The first-order chi connectivity index (χ1) is 16.1. The molecule has 2 fully saturated rings. The standard InChI is InChI=1S/C27H28Cl2N2O2/c28-25-7-6-21(14-26(25)29)27(32)31-16-23(24(17-31)22-10-13-33-18-22)15-30-11-8-20(9-12-30)19-4-2-1-3-5-19/h1-7,10,13-14,18,20,23-24H,8-9,11-12,15-17H2. The lowest BCUT2D eigenvalue weighted by atomic mass is 9.87. The normalized spacial score (nSPS) is 22.1. The molecule has 172 valence electrons. The maximum Gasteiger partial charge on any atom is 0.253 e. The van der Waals surface area contributed by atoms with Gasteiger partial charge in [-0.05, 0) is 73.2 Å². The van der Waals surface area contributed by atoms with Gasteiger partial charge < -0.3 is 14.2 Å². The predicted molar refractivity (Wildman–Crippen MR) is 132 cm³/mol. The second-order valence-corrected chi connectivity index (χ2v) is 10.1. The molecule has 2 saturated heterocycles. The number of carbonyl (C=O) groups excluding carboxylic acids is 1. The molecule has 0 radical (unpaired) electrons. The van der Waals surface area contributed by atoms with Crippen LogP contribution in [0, 0.1) is 5.92 Å². The molecule has 2 aromatic carbocycles. The highest BCUT2D eigenvalue weighted by molar-refractivity contribution is 6.42. The van der Waals surface area contributed by atoms with Gasteiger partial charge in [-0.3, -0.25) is 4.79 Å². The van der Waals surface area contributed by atoms with Gasteiger partial charge in [-0.2, -0.15) is 0 Å². The van der Waals surface area contributed by atoms with E-state index in [9.17, 15) is 4.79 Å². The van der Waals surface area contributed by atoms with Crippen molar-refractivity contribution >= 4 is 29.1 Å². The lowest BCUT2D eigenvalue weighted by Gasteiger charge is -2.34. The van der Waals surface area contributed by atoms with Crippen molar-refractivity contribution in [3.05, 3.63) is 93.9 Å². The summed E-state index contributed by atoms with van der Waals surface area (Å²) < 4.78 is 5.39. The molecule has 0 aliphatic carbocycles. The van der Waals surface area contributed by atoms with Crippen molar-refractivity contribution in [3.63, 3.8) is 0 Å². The fourth-order valence-corrected chi connectivity index (χ4v) is 5.70. The van der Waals surface area contributed by atoms with Crippen LogP contribution in [0.1, 0.15) is 46.2 Å². The predicted octanol–water partition coefficient (Wildman–Crippen LogP) is 6.32. The number of hydrogen-bond donors (Lipinski definition) is 0. The van der Waals surface area contributed by atoms with E-state index in [1.54, 1.807) is 24.5 Å². The summed E-state index contributed by atoms with van der Waals surface area (Å²) in [6.07, 6.45) is 5.91. The van der Waals surface area contributed by atoms with Crippen molar-refractivity contribution in [1.82, 2.24) is 9.80 Å².